The summed E-state index contributed by atoms with van der Waals surface area (Å²) >= 11 is 0. The van der Waals surface area contributed by atoms with Gasteiger partial charge in [-0.25, -0.2) is 8.42 Å². The number of aryl methyl sites for hydroxylation is 1. The lowest BCUT2D eigenvalue weighted by Gasteiger charge is -2.05. The Morgan fingerprint density at radius 2 is 1.89 bits per heavy atom. The van der Waals surface area contributed by atoms with E-state index in [4.69, 9.17) is 0 Å². The molecule has 0 radical (unpaired) electrons. The maximum absolute atomic E-state index is 12.4. The van der Waals surface area contributed by atoms with Crippen LogP contribution in [0.4, 0.5) is 11.4 Å². The van der Waals surface area contributed by atoms with Crippen molar-refractivity contribution in [1.82, 2.24) is 19.6 Å². The highest BCUT2D eigenvalue weighted by Gasteiger charge is 2.17. The average Bonchev–Trinajstić information content (AvgIpc) is 3.21. The SMILES string of the molecule is CCn1ncc(Cn2cc(NS(=O)(=O)c3ccc([N+](=O)[O-])cc3)cn2)c1C. The van der Waals surface area contributed by atoms with Crippen LogP contribution in [0, 0.1) is 17.0 Å². The number of nitro benzene ring substituents is 1. The predicted molar refractivity (Wildman–Crippen MR) is 97.9 cm³/mol. The molecule has 3 rings (SSSR count). The Morgan fingerprint density at radius 3 is 2.48 bits per heavy atom. The van der Waals surface area contributed by atoms with Gasteiger partial charge in [0, 0.05) is 36.1 Å². The molecule has 1 aromatic carbocycles. The third kappa shape index (κ3) is 3.97. The van der Waals surface area contributed by atoms with Crippen molar-refractivity contribution >= 4 is 21.4 Å². The zero-order valence-electron chi connectivity index (χ0n) is 14.7. The van der Waals surface area contributed by atoms with Crippen molar-refractivity contribution in [3.05, 3.63) is 64.2 Å². The first-order valence-electron chi connectivity index (χ1n) is 8.11. The van der Waals surface area contributed by atoms with Crippen LogP contribution in [-0.4, -0.2) is 32.9 Å². The van der Waals surface area contributed by atoms with E-state index < -0.39 is 14.9 Å². The van der Waals surface area contributed by atoms with Gasteiger partial charge in [-0.2, -0.15) is 10.2 Å². The molecule has 0 atom stereocenters. The molecule has 0 fully saturated rings. The van der Waals surface area contributed by atoms with Gasteiger partial charge in [-0.05, 0) is 26.0 Å². The van der Waals surface area contributed by atoms with Crippen LogP contribution in [0.1, 0.15) is 18.2 Å². The number of hydrogen-bond donors (Lipinski definition) is 1. The summed E-state index contributed by atoms with van der Waals surface area (Å²) < 4.78 is 30.7. The number of nitrogens with zero attached hydrogens (tertiary/aromatic N) is 5. The number of nitrogens with one attached hydrogen (secondary N) is 1. The second-order valence-electron chi connectivity index (χ2n) is 5.85. The number of aromatic nitrogens is 4. The minimum absolute atomic E-state index is 0.0686. The summed E-state index contributed by atoms with van der Waals surface area (Å²) in [6.45, 7) is 5.20. The van der Waals surface area contributed by atoms with E-state index in [0.717, 1.165) is 29.9 Å². The molecule has 2 aromatic heterocycles. The highest BCUT2D eigenvalue weighted by molar-refractivity contribution is 7.92. The van der Waals surface area contributed by atoms with E-state index >= 15 is 0 Å². The van der Waals surface area contributed by atoms with E-state index in [1.165, 1.54) is 18.3 Å². The van der Waals surface area contributed by atoms with Crippen molar-refractivity contribution in [2.75, 3.05) is 4.72 Å². The molecule has 0 amide bonds. The molecule has 0 spiro atoms. The smallest absolute Gasteiger partial charge is 0.269 e. The van der Waals surface area contributed by atoms with Gasteiger partial charge in [-0.15, -0.1) is 0 Å². The fourth-order valence-electron chi connectivity index (χ4n) is 2.60. The van der Waals surface area contributed by atoms with Crippen molar-refractivity contribution < 1.29 is 13.3 Å². The quantitative estimate of drug-likeness (QED) is 0.487. The lowest BCUT2D eigenvalue weighted by Crippen LogP contribution is -2.12. The maximum Gasteiger partial charge on any atom is 0.269 e. The molecule has 0 saturated carbocycles. The summed E-state index contributed by atoms with van der Waals surface area (Å²) in [5.74, 6) is 0. The second kappa shape index (κ2) is 7.19. The molecule has 0 aliphatic rings. The van der Waals surface area contributed by atoms with E-state index in [0.29, 0.717) is 12.2 Å². The summed E-state index contributed by atoms with van der Waals surface area (Å²) in [6, 6.07) is 4.67. The van der Waals surface area contributed by atoms with Crippen LogP contribution in [0.3, 0.4) is 0 Å². The number of non-ortho nitro benzene ring substituents is 1. The molecular weight excluding hydrogens is 372 g/mol. The molecule has 0 aliphatic carbocycles. The average molecular weight is 390 g/mol. The molecule has 142 valence electrons. The van der Waals surface area contributed by atoms with Crippen LogP contribution >= 0.6 is 0 Å². The topological polar surface area (TPSA) is 125 Å². The molecule has 11 heteroatoms. The van der Waals surface area contributed by atoms with Gasteiger partial charge in [-0.1, -0.05) is 0 Å². The summed E-state index contributed by atoms with van der Waals surface area (Å²) in [5, 5.41) is 19.1. The summed E-state index contributed by atoms with van der Waals surface area (Å²) in [6.07, 6.45) is 4.75. The Balaban J connectivity index is 1.74. The largest absolute Gasteiger partial charge is 0.276 e. The summed E-state index contributed by atoms with van der Waals surface area (Å²) in [7, 11) is -3.87. The van der Waals surface area contributed by atoms with Crippen LogP contribution in [0.5, 0.6) is 0 Å². The van der Waals surface area contributed by atoms with E-state index in [1.54, 1.807) is 17.1 Å². The van der Waals surface area contributed by atoms with Crippen molar-refractivity contribution in [2.45, 2.75) is 31.8 Å². The molecule has 10 nitrogen and oxygen atoms in total. The predicted octanol–water partition coefficient (Wildman–Crippen LogP) is 2.17. The normalized spacial score (nSPS) is 11.5. The lowest BCUT2D eigenvalue weighted by molar-refractivity contribution is -0.384. The zero-order valence-corrected chi connectivity index (χ0v) is 15.5. The van der Waals surface area contributed by atoms with Gasteiger partial charge in [0.05, 0.1) is 34.4 Å². The van der Waals surface area contributed by atoms with E-state index in [1.807, 2.05) is 18.5 Å². The Hall–Kier alpha value is -3.21. The van der Waals surface area contributed by atoms with Crippen molar-refractivity contribution in [3.63, 3.8) is 0 Å². The van der Waals surface area contributed by atoms with Gasteiger partial charge < -0.3 is 0 Å². The van der Waals surface area contributed by atoms with Crippen LogP contribution in [-0.2, 0) is 23.1 Å². The highest BCUT2D eigenvalue weighted by Crippen LogP contribution is 2.19. The first-order valence-corrected chi connectivity index (χ1v) is 9.59. The zero-order chi connectivity index (χ0) is 19.6. The maximum atomic E-state index is 12.4. The molecule has 0 bridgehead atoms. The number of sulfonamides is 1. The van der Waals surface area contributed by atoms with Crippen LogP contribution < -0.4 is 4.72 Å². The Kier molecular flexibility index (Phi) is 4.95. The summed E-state index contributed by atoms with van der Waals surface area (Å²) in [5.41, 5.74) is 2.14. The van der Waals surface area contributed by atoms with E-state index in [-0.39, 0.29) is 10.6 Å². The molecule has 3 aromatic rings. The Bertz CT molecular complexity index is 1070. The number of hydrogen-bond acceptors (Lipinski definition) is 6. The van der Waals surface area contributed by atoms with Gasteiger partial charge in [0.2, 0.25) is 0 Å². The summed E-state index contributed by atoms with van der Waals surface area (Å²) in [4.78, 5) is 10.0. The molecule has 2 heterocycles. The number of benzene rings is 1. The fraction of sp³-hybridized carbons (Fsp3) is 0.250. The van der Waals surface area contributed by atoms with Crippen LogP contribution in [0.2, 0.25) is 0 Å². The fourth-order valence-corrected chi connectivity index (χ4v) is 3.63. The second-order valence-corrected chi connectivity index (χ2v) is 7.54. The van der Waals surface area contributed by atoms with Crippen molar-refractivity contribution in [2.24, 2.45) is 0 Å². The Morgan fingerprint density at radius 1 is 1.19 bits per heavy atom. The van der Waals surface area contributed by atoms with Gasteiger partial charge in [0.15, 0.2) is 0 Å². The van der Waals surface area contributed by atoms with Crippen LogP contribution in [0.25, 0.3) is 0 Å². The standard InChI is InChI=1S/C16H18N6O4S/c1-3-21-12(2)13(8-18-21)10-20-11-14(9-17-20)19-27(25,26)16-6-4-15(5-7-16)22(23)24/h4-9,11,19H,3,10H2,1-2H3. The Labute approximate surface area is 155 Å². The minimum Gasteiger partial charge on any atom is -0.276 e. The van der Waals surface area contributed by atoms with Gasteiger partial charge in [0.1, 0.15) is 0 Å². The number of anilines is 1. The molecule has 0 saturated heterocycles. The van der Waals surface area contributed by atoms with Gasteiger partial charge in [0.25, 0.3) is 15.7 Å². The minimum atomic E-state index is -3.87. The monoisotopic (exact) mass is 390 g/mol. The van der Waals surface area contributed by atoms with Gasteiger partial charge in [-0.3, -0.25) is 24.2 Å². The third-order valence-electron chi connectivity index (χ3n) is 4.08. The first-order chi connectivity index (χ1) is 12.8. The van der Waals surface area contributed by atoms with E-state index in [9.17, 15) is 18.5 Å². The van der Waals surface area contributed by atoms with Gasteiger partial charge >= 0.3 is 0 Å². The highest BCUT2D eigenvalue weighted by atomic mass is 32.2. The third-order valence-corrected chi connectivity index (χ3v) is 5.48. The van der Waals surface area contributed by atoms with E-state index in [2.05, 4.69) is 14.9 Å². The molecule has 0 aliphatic heterocycles. The van der Waals surface area contributed by atoms with Crippen molar-refractivity contribution in [3.8, 4) is 0 Å². The van der Waals surface area contributed by atoms with Crippen molar-refractivity contribution in [1.29, 1.82) is 0 Å². The number of nitro groups is 1. The van der Waals surface area contributed by atoms with Crippen LogP contribution in [0.15, 0.2) is 47.8 Å². The molecule has 0 unspecified atom stereocenters. The molecular formula is C16H18N6O4S. The first kappa shape index (κ1) is 18.6. The molecule has 27 heavy (non-hydrogen) atoms. The lowest BCUT2D eigenvalue weighted by atomic mass is 10.2. The number of rotatable bonds is 7. The molecule has 1 N–H and O–H groups in total.